The Kier molecular flexibility index (Phi) is 4.52. The smallest absolute Gasteiger partial charge is 0.325 e. The van der Waals surface area contributed by atoms with Gasteiger partial charge in [0, 0.05) is 15.6 Å². The first-order valence-corrected chi connectivity index (χ1v) is 8.04. The number of carbonyl (C=O) groups is 3. The van der Waals surface area contributed by atoms with Gasteiger partial charge in [-0.05, 0) is 33.8 Å². The minimum atomic E-state index is -1.20. The number of urea groups is 1. The monoisotopic (exact) mass is 381 g/mol. The van der Waals surface area contributed by atoms with Crippen LogP contribution in [0.1, 0.15) is 33.3 Å². The zero-order chi connectivity index (χ0) is 17.4. The topological polar surface area (TPSA) is 78.5 Å². The fourth-order valence-electron chi connectivity index (χ4n) is 2.49. The van der Waals surface area contributed by atoms with Crippen molar-refractivity contribution in [3.8, 4) is 0 Å². The zero-order valence-corrected chi connectivity index (χ0v) is 15.2. The molecule has 23 heavy (non-hydrogen) atoms. The van der Waals surface area contributed by atoms with Crippen molar-refractivity contribution in [1.29, 1.82) is 0 Å². The molecule has 1 atom stereocenters. The Bertz CT molecular complexity index is 669. The highest BCUT2D eigenvalue weighted by molar-refractivity contribution is 9.10. The van der Waals surface area contributed by atoms with E-state index in [4.69, 9.17) is 0 Å². The number of nitrogens with zero attached hydrogens (tertiary/aromatic N) is 1. The molecule has 1 saturated heterocycles. The molecule has 0 saturated carbocycles. The van der Waals surface area contributed by atoms with Gasteiger partial charge in [0.2, 0.25) is 5.91 Å². The molecule has 0 bridgehead atoms. The maximum atomic E-state index is 12.7. The molecular weight excluding hydrogens is 362 g/mol. The molecule has 0 aromatic heterocycles. The quantitative estimate of drug-likeness (QED) is 0.787. The molecular formula is C16H20BrN3O3. The fourth-order valence-corrected chi connectivity index (χ4v) is 3.17. The van der Waals surface area contributed by atoms with E-state index in [0.717, 1.165) is 9.37 Å². The van der Waals surface area contributed by atoms with Crippen molar-refractivity contribution in [3.63, 3.8) is 0 Å². The Morgan fingerprint density at radius 1 is 1.30 bits per heavy atom. The van der Waals surface area contributed by atoms with Crippen LogP contribution in [0.25, 0.3) is 0 Å². The number of imide groups is 1. The van der Waals surface area contributed by atoms with Gasteiger partial charge in [-0.2, -0.15) is 0 Å². The van der Waals surface area contributed by atoms with E-state index < -0.39 is 23.0 Å². The lowest BCUT2D eigenvalue weighted by molar-refractivity contribution is -0.135. The summed E-state index contributed by atoms with van der Waals surface area (Å²) in [5.41, 5.74) is -0.974. The normalized spacial score (nSPS) is 21.3. The number of hydrogen-bond acceptors (Lipinski definition) is 3. The summed E-state index contributed by atoms with van der Waals surface area (Å²) in [6.45, 7) is 6.84. The van der Waals surface area contributed by atoms with E-state index in [1.54, 1.807) is 25.1 Å². The lowest BCUT2D eigenvalue weighted by Gasteiger charge is -2.24. The minimum Gasteiger partial charge on any atom is -0.350 e. The second-order valence-electron chi connectivity index (χ2n) is 6.72. The summed E-state index contributed by atoms with van der Waals surface area (Å²) in [6, 6.07) is 6.61. The Balaban J connectivity index is 2.24. The number of halogens is 1. The molecule has 1 aromatic rings. The van der Waals surface area contributed by atoms with Gasteiger partial charge in [0.1, 0.15) is 12.1 Å². The van der Waals surface area contributed by atoms with Crippen LogP contribution in [0, 0.1) is 0 Å². The van der Waals surface area contributed by atoms with E-state index in [-0.39, 0.29) is 12.5 Å². The Hall–Kier alpha value is -1.89. The van der Waals surface area contributed by atoms with Crippen LogP contribution < -0.4 is 10.6 Å². The minimum absolute atomic E-state index is 0.304. The predicted molar refractivity (Wildman–Crippen MR) is 89.6 cm³/mol. The van der Waals surface area contributed by atoms with E-state index in [1.165, 1.54) is 0 Å². The molecule has 0 radical (unpaired) electrons. The molecule has 1 unspecified atom stereocenters. The molecule has 2 N–H and O–H groups in total. The van der Waals surface area contributed by atoms with Crippen molar-refractivity contribution in [3.05, 3.63) is 34.3 Å². The molecule has 1 aromatic carbocycles. The molecule has 1 fully saturated rings. The largest absolute Gasteiger partial charge is 0.350 e. The predicted octanol–water partition coefficient (Wildman–Crippen LogP) is 2.13. The first-order chi connectivity index (χ1) is 10.5. The average Bonchev–Trinajstić information content (AvgIpc) is 2.61. The summed E-state index contributed by atoms with van der Waals surface area (Å²) < 4.78 is 0.720. The van der Waals surface area contributed by atoms with Crippen LogP contribution in [0.15, 0.2) is 28.7 Å². The van der Waals surface area contributed by atoms with Crippen molar-refractivity contribution in [1.82, 2.24) is 15.5 Å². The number of rotatable bonds is 3. The molecule has 1 aliphatic rings. The van der Waals surface area contributed by atoms with Gasteiger partial charge in [0.05, 0.1) is 0 Å². The van der Waals surface area contributed by atoms with Gasteiger partial charge in [-0.25, -0.2) is 4.79 Å². The first kappa shape index (κ1) is 17.5. The lowest BCUT2D eigenvalue weighted by atomic mass is 9.92. The van der Waals surface area contributed by atoms with Gasteiger partial charge < -0.3 is 10.6 Å². The average molecular weight is 382 g/mol. The molecule has 1 aliphatic heterocycles. The van der Waals surface area contributed by atoms with Gasteiger partial charge in [0.25, 0.3) is 5.91 Å². The Morgan fingerprint density at radius 2 is 1.91 bits per heavy atom. The summed E-state index contributed by atoms with van der Waals surface area (Å²) in [4.78, 5) is 37.9. The highest BCUT2D eigenvalue weighted by Crippen LogP contribution is 2.33. The molecule has 2 rings (SSSR count). The summed E-state index contributed by atoms with van der Waals surface area (Å²) >= 11 is 3.40. The highest BCUT2D eigenvalue weighted by atomic mass is 79.9. The van der Waals surface area contributed by atoms with Gasteiger partial charge in [-0.1, -0.05) is 34.1 Å². The summed E-state index contributed by atoms with van der Waals surface area (Å²) in [5, 5.41) is 5.43. The van der Waals surface area contributed by atoms with Crippen LogP contribution in [0.5, 0.6) is 0 Å². The van der Waals surface area contributed by atoms with E-state index in [2.05, 4.69) is 26.6 Å². The van der Waals surface area contributed by atoms with E-state index in [0.29, 0.717) is 5.56 Å². The standard InChI is InChI=1S/C16H20BrN3O3/c1-15(2,3)18-12(21)9-20-13(22)16(4,19-14(20)23)10-7-5-6-8-11(10)17/h5-8H,9H2,1-4H3,(H,18,21)(H,19,23). The van der Waals surface area contributed by atoms with Crippen LogP contribution in [0.4, 0.5) is 4.79 Å². The Morgan fingerprint density at radius 3 is 2.48 bits per heavy atom. The van der Waals surface area contributed by atoms with E-state index in [1.807, 2.05) is 26.8 Å². The fraction of sp³-hybridized carbons (Fsp3) is 0.438. The van der Waals surface area contributed by atoms with Crippen LogP contribution in [-0.2, 0) is 15.1 Å². The molecule has 1 heterocycles. The second kappa shape index (κ2) is 5.96. The highest BCUT2D eigenvalue weighted by Gasteiger charge is 2.50. The molecule has 4 amide bonds. The summed E-state index contributed by atoms with van der Waals surface area (Å²) in [5.74, 6) is -0.823. The zero-order valence-electron chi connectivity index (χ0n) is 13.6. The number of carbonyl (C=O) groups excluding carboxylic acids is 3. The summed E-state index contributed by atoms with van der Waals surface area (Å²) in [7, 11) is 0. The van der Waals surface area contributed by atoms with Crippen LogP contribution in [-0.4, -0.2) is 34.8 Å². The maximum Gasteiger partial charge on any atom is 0.325 e. The molecule has 124 valence electrons. The van der Waals surface area contributed by atoms with Crippen molar-refractivity contribution in [2.45, 2.75) is 38.8 Å². The number of amides is 4. The number of benzene rings is 1. The van der Waals surface area contributed by atoms with Crippen LogP contribution in [0.3, 0.4) is 0 Å². The maximum absolute atomic E-state index is 12.7. The summed E-state index contributed by atoms with van der Waals surface area (Å²) in [6.07, 6.45) is 0. The first-order valence-electron chi connectivity index (χ1n) is 7.25. The SMILES string of the molecule is CC(C)(C)NC(=O)CN1C(=O)NC(C)(c2ccccc2Br)C1=O. The third-order valence-electron chi connectivity index (χ3n) is 3.50. The van der Waals surface area contributed by atoms with Gasteiger partial charge >= 0.3 is 6.03 Å². The molecule has 0 aliphatic carbocycles. The van der Waals surface area contributed by atoms with Crippen molar-refractivity contribution in [2.75, 3.05) is 6.54 Å². The molecule has 6 nitrogen and oxygen atoms in total. The van der Waals surface area contributed by atoms with Crippen molar-refractivity contribution < 1.29 is 14.4 Å². The third kappa shape index (κ3) is 3.55. The Labute approximate surface area is 143 Å². The van der Waals surface area contributed by atoms with Gasteiger partial charge in [-0.15, -0.1) is 0 Å². The van der Waals surface area contributed by atoms with Crippen LogP contribution in [0.2, 0.25) is 0 Å². The van der Waals surface area contributed by atoms with Gasteiger partial charge in [-0.3, -0.25) is 14.5 Å². The molecule has 7 heteroatoms. The lowest BCUT2D eigenvalue weighted by Crippen LogP contribution is -2.48. The number of nitrogens with one attached hydrogen (secondary N) is 2. The van der Waals surface area contributed by atoms with Crippen LogP contribution >= 0.6 is 15.9 Å². The second-order valence-corrected chi connectivity index (χ2v) is 7.58. The van der Waals surface area contributed by atoms with Gasteiger partial charge in [0.15, 0.2) is 0 Å². The molecule has 0 spiro atoms. The number of hydrogen-bond donors (Lipinski definition) is 2. The third-order valence-corrected chi connectivity index (χ3v) is 4.20. The van der Waals surface area contributed by atoms with E-state index in [9.17, 15) is 14.4 Å². The van der Waals surface area contributed by atoms with Crippen molar-refractivity contribution >= 4 is 33.8 Å². The van der Waals surface area contributed by atoms with E-state index >= 15 is 0 Å². The van der Waals surface area contributed by atoms with Crippen molar-refractivity contribution in [2.24, 2.45) is 0 Å².